The van der Waals surface area contributed by atoms with E-state index < -0.39 is 5.41 Å². The lowest BCUT2D eigenvalue weighted by atomic mass is 9.67. The summed E-state index contributed by atoms with van der Waals surface area (Å²) in [6.45, 7) is 0. The van der Waals surface area contributed by atoms with Crippen LogP contribution in [-0.4, -0.2) is 15.0 Å². The van der Waals surface area contributed by atoms with Crippen molar-refractivity contribution >= 4 is 11.8 Å². The van der Waals surface area contributed by atoms with Crippen LogP contribution in [0, 0.1) is 0 Å². The summed E-state index contributed by atoms with van der Waals surface area (Å²) in [7, 11) is 0. The second-order valence-corrected chi connectivity index (χ2v) is 13.8. The maximum atomic E-state index is 5.23. The molecule has 10 rings (SSSR count). The number of nitrogens with zero attached hydrogens (tertiary/aromatic N) is 3. The van der Waals surface area contributed by atoms with Gasteiger partial charge in [0.1, 0.15) is 0 Å². The zero-order valence-electron chi connectivity index (χ0n) is 27.0. The Bertz CT molecular complexity index is 2520. The lowest BCUT2D eigenvalue weighted by Crippen LogP contribution is -2.32. The SMILES string of the molecule is c1ccc(-c2ccc(-c3nc(-c4ccccc4)nc(-c4cccc5c4Sc4ccccc4C54c5ccccc5-c5ccccc54)n3)cc2)cc1. The van der Waals surface area contributed by atoms with Crippen molar-refractivity contribution in [2.75, 3.05) is 0 Å². The molecule has 0 bridgehead atoms. The lowest BCUT2D eigenvalue weighted by molar-refractivity contribution is 0.722. The van der Waals surface area contributed by atoms with Gasteiger partial charge in [0.05, 0.1) is 5.41 Å². The van der Waals surface area contributed by atoms with Crippen LogP contribution in [0.25, 0.3) is 56.4 Å². The highest BCUT2D eigenvalue weighted by Gasteiger charge is 2.50. The number of aromatic nitrogens is 3. The van der Waals surface area contributed by atoms with Crippen molar-refractivity contribution in [3.05, 3.63) is 198 Å². The molecular formula is C46H29N3S. The van der Waals surface area contributed by atoms with Gasteiger partial charge in [0.15, 0.2) is 17.5 Å². The molecule has 50 heavy (non-hydrogen) atoms. The quantitative estimate of drug-likeness (QED) is 0.189. The van der Waals surface area contributed by atoms with Gasteiger partial charge in [-0.1, -0.05) is 182 Å². The fourth-order valence-corrected chi connectivity index (χ4v) is 9.14. The minimum Gasteiger partial charge on any atom is -0.208 e. The topological polar surface area (TPSA) is 38.7 Å². The first-order valence-electron chi connectivity index (χ1n) is 16.9. The Balaban J connectivity index is 1.21. The number of hydrogen-bond donors (Lipinski definition) is 0. The van der Waals surface area contributed by atoms with Crippen LogP contribution in [0.2, 0.25) is 0 Å². The summed E-state index contributed by atoms with van der Waals surface area (Å²) >= 11 is 1.82. The molecule has 0 amide bonds. The molecule has 0 atom stereocenters. The Kier molecular flexibility index (Phi) is 6.64. The van der Waals surface area contributed by atoms with E-state index in [0.717, 1.165) is 22.3 Å². The van der Waals surface area contributed by atoms with Crippen LogP contribution >= 0.6 is 11.8 Å². The van der Waals surface area contributed by atoms with Crippen LogP contribution < -0.4 is 0 Å². The molecule has 1 spiro atoms. The highest BCUT2D eigenvalue weighted by atomic mass is 32.2. The summed E-state index contributed by atoms with van der Waals surface area (Å²) in [5.74, 6) is 1.97. The Morgan fingerprint density at radius 3 is 1.42 bits per heavy atom. The third kappa shape index (κ3) is 4.35. The first-order chi connectivity index (χ1) is 24.8. The van der Waals surface area contributed by atoms with E-state index in [-0.39, 0.29) is 0 Å². The molecule has 7 aromatic carbocycles. The van der Waals surface area contributed by atoms with E-state index in [4.69, 9.17) is 15.0 Å². The minimum absolute atomic E-state index is 0.467. The van der Waals surface area contributed by atoms with E-state index in [2.05, 4.69) is 152 Å². The van der Waals surface area contributed by atoms with Crippen LogP contribution in [0.15, 0.2) is 186 Å². The predicted octanol–water partition coefficient (Wildman–Crippen LogP) is 11.4. The number of rotatable bonds is 4. The normalized spacial score (nSPS) is 13.3. The summed E-state index contributed by atoms with van der Waals surface area (Å²) < 4.78 is 0. The van der Waals surface area contributed by atoms with Crippen molar-refractivity contribution in [2.45, 2.75) is 15.2 Å². The number of benzene rings is 7. The Hall–Kier alpha value is -6.10. The van der Waals surface area contributed by atoms with E-state index in [1.54, 1.807) is 0 Å². The van der Waals surface area contributed by atoms with Crippen LogP contribution in [0.5, 0.6) is 0 Å². The molecule has 0 radical (unpaired) electrons. The molecule has 234 valence electrons. The van der Waals surface area contributed by atoms with Gasteiger partial charge in [0.2, 0.25) is 0 Å². The molecule has 2 aliphatic rings. The summed E-state index contributed by atoms with van der Waals surface area (Å²) in [6.07, 6.45) is 0. The molecule has 0 saturated heterocycles. The Morgan fingerprint density at radius 1 is 0.320 bits per heavy atom. The highest BCUT2D eigenvalue weighted by Crippen LogP contribution is 2.63. The Morgan fingerprint density at radius 2 is 0.760 bits per heavy atom. The van der Waals surface area contributed by atoms with Crippen LogP contribution in [0.3, 0.4) is 0 Å². The first-order valence-corrected chi connectivity index (χ1v) is 17.7. The molecular weight excluding hydrogens is 627 g/mol. The van der Waals surface area contributed by atoms with Gasteiger partial charge in [-0.05, 0) is 50.6 Å². The summed E-state index contributed by atoms with van der Waals surface area (Å²) in [4.78, 5) is 17.9. The largest absolute Gasteiger partial charge is 0.208 e. The average Bonchev–Trinajstić information content (AvgIpc) is 3.49. The first kappa shape index (κ1) is 28.9. The molecule has 8 aromatic rings. The van der Waals surface area contributed by atoms with E-state index in [1.807, 2.05) is 36.0 Å². The molecule has 0 unspecified atom stereocenters. The van der Waals surface area contributed by atoms with Crippen molar-refractivity contribution in [1.29, 1.82) is 0 Å². The van der Waals surface area contributed by atoms with E-state index >= 15 is 0 Å². The van der Waals surface area contributed by atoms with Crippen LogP contribution in [0.4, 0.5) is 0 Å². The van der Waals surface area contributed by atoms with Crippen LogP contribution in [0.1, 0.15) is 22.3 Å². The summed E-state index contributed by atoms with van der Waals surface area (Å²) in [5, 5.41) is 0. The van der Waals surface area contributed by atoms with Gasteiger partial charge >= 0.3 is 0 Å². The standard InChI is InChI=1S/C46H29N3S/c1-3-14-30(15-4-1)31-26-28-33(29-27-31)44-47-43(32-16-5-2-6-17-32)48-45(49-44)36-20-13-24-40-42(36)50-41-25-12-11-23-39(41)46(40)37-21-9-7-18-34(37)35-19-8-10-22-38(35)46/h1-29H. The molecule has 0 saturated carbocycles. The third-order valence-corrected chi connectivity index (χ3v) is 11.3. The second-order valence-electron chi connectivity index (χ2n) is 12.7. The molecule has 0 fully saturated rings. The van der Waals surface area contributed by atoms with Gasteiger partial charge in [-0.2, -0.15) is 0 Å². The number of fused-ring (bicyclic) bond motifs is 9. The monoisotopic (exact) mass is 655 g/mol. The maximum Gasteiger partial charge on any atom is 0.165 e. The predicted molar refractivity (Wildman–Crippen MR) is 203 cm³/mol. The smallest absolute Gasteiger partial charge is 0.165 e. The molecule has 1 aliphatic carbocycles. The number of hydrogen-bond acceptors (Lipinski definition) is 4. The average molecular weight is 656 g/mol. The summed E-state index contributed by atoms with van der Waals surface area (Å²) in [5.41, 5.74) is 12.5. The van der Waals surface area contributed by atoms with E-state index in [9.17, 15) is 0 Å². The van der Waals surface area contributed by atoms with Crippen molar-refractivity contribution < 1.29 is 0 Å². The van der Waals surface area contributed by atoms with Crippen molar-refractivity contribution in [2.24, 2.45) is 0 Å². The van der Waals surface area contributed by atoms with Crippen molar-refractivity contribution in [3.8, 4) is 56.4 Å². The molecule has 2 heterocycles. The van der Waals surface area contributed by atoms with Gasteiger partial charge < -0.3 is 0 Å². The van der Waals surface area contributed by atoms with Gasteiger partial charge in [0, 0.05) is 26.5 Å². The third-order valence-electron chi connectivity index (χ3n) is 10.0. The van der Waals surface area contributed by atoms with Gasteiger partial charge in [-0.15, -0.1) is 0 Å². The van der Waals surface area contributed by atoms with E-state index in [1.165, 1.54) is 48.7 Å². The zero-order chi connectivity index (χ0) is 33.1. The fourth-order valence-electron chi connectivity index (χ4n) is 7.84. The second kappa shape index (κ2) is 11.5. The zero-order valence-corrected chi connectivity index (χ0v) is 27.8. The molecule has 1 aromatic heterocycles. The summed E-state index contributed by atoms with van der Waals surface area (Å²) in [6, 6.07) is 62.5. The molecule has 0 N–H and O–H groups in total. The maximum absolute atomic E-state index is 5.23. The van der Waals surface area contributed by atoms with E-state index in [0.29, 0.717) is 17.5 Å². The minimum atomic E-state index is -0.467. The van der Waals surface area contributed by atoms with Crippen molar-refractivity contribution in [1.82, 2.24) is 15.0 Å². The highest BCUT2D eigenvalue weighted by molar-refractivity contribution is 7.99. The van der Waals surface area contributed by atoms with Gasteiger partial charge in [-0.3, -0.25) is 0 Å². The fraction of sp³-hybridized carbons (Fsp3) is 0.0217. The molecule has 3 nitrogen and oxygen atoms in total. The van der Waals surface area contributed by atoms with Crippen LogP contribution in [-0.2, 0) is 5.41 Å². The lowest BCUT2D eigenvalue weighted by Gasteiger charge is -2.40. The molecule has 1 aliphatic heterocycles. The van der Waals surface area contributed by atoms with Gasteiger partial charge in [-0.25, -0.2) is 15.0 Å². The van der Waals surface area contributed by atoms with Gasteiger partial charge in [0.25, 0.3) is 0 Å². The van der Waals surface area contributed by atoms with Crippen molar-refractivity contribution in [3.63, 3.8) is 0 Å². The molecule has 4 heteroatoms. The Labute approximate surface area is 295 Å².